The predicted octanol–water partition coefficient (Wildman–Crippen LogP) is 3.72. The first-order chi connectivity index (χ1) is 15.1. The van der Waals surface area contributed by atoms with Crippen LogP contribution < -0.4 is 15.0 Å². The third-order valence-electron chi connectivity index (χ3n) is 4.50. The SMILES string of the molecule is COc1ccc(-c2ncccc2C#CCONC(=O)Cc2ccc(C)cc2)cc1OC. The molecule has 0 aliphatic rings. The average molecular weight is 416 g/mol. The Labute approximate surface area is 182 Å². The number of carbonyl (C=O) groups excluding carboxylic acids is 1. The van der Waals surface area contributed by atoms with Gasteiger partial charge in [0.15, 0.2) is 11.5 Å². The zero-order chi connectivity index (χ0) is 22.1. The summed E-state index contributed by atoms with van der Waals surface area (Å²) in [5.41, 5.74) is 6.81. The molecular formula is C25H24N2O4. The van der Waals surface area contributed by atoms with Crippen molar-refractivity contribution in [2.45, 2.75) is 13.3 Å². The fraction of sp³-hybridized carbons (Fsp3) is 0.200. The number of hydrogen-bond acceptors (Lipinski definition) is 5. The highest BCUT2D eigenvalue weighted by molar-refractivity contribution is 5.77. The summed E-state index contributed by atoms with van der Waals surface area (Å²) in [4.78, 5) is 21.6. The molecule has 0 fully saturated rings. The van der Waals surface area contributed by atoms with Crippen LogP contribution in [0.5, 0.6) is 11.5 Å². The largest absolute Gasteiger partial charge is 0.493 e. The zero-order valence-corrected chi connectivity index (χ0v) is 17.8. The van der Waals surface area contributed by atoms with Crippen molar-refractivity contribution < 1.29 is 19.1 Å². The van der Waals surface area contributed by atoms with E-state index in [2.05, 4.69) is 22.3 Å². The second-order valence-corrected chi connectivity index (χ2v) is 6.75. The molecule has 3 rings (SSSR count). The maximum atomic E-state index is 12.0. The number of carbonyl (C=O) groups is 1. The van der Waals surface area contributed by atoms with E-state index in [1.165, 1.54) is 0 Å². The van der Waals surface area contributed by atoms with Crippen LogP contribution in [0.1, 0.15) is 16.7 Å². The van der Waals surface area contributed by atoms with E-state index in [0.29, 0.717) is 11.5 Å². The second-order valence-electron chi connectivity index (χ2n) is 6.75. The Bertz CT molecular complexity index is 1100. The van der Waals surface area contributed by atoms with Gasteiger partial charge in [-0.05, 0) is 42.8 Å². The monoisotopic (exact) mass is 416 g/mol. The van der Waals surface area contributed by atoms with Gasteiger partial charge >= 0.3 is 0 Å². The number of ether oxygens (including phenoxy) is 2. The van der Waals surface area contributed by atoms with E-state index in [1.807, 2.05) is 61.5 Å². The van der Waals surface area contributed by atoms with E-state index in [-0.39, 0.29) is 18.9 Å². The van der Waals surface area contributed by atoms with Gasteiger partial charge in [0.05, 0.1) is 31.9 Å². The Morgan fingerprint density at radius 3 is 2.55 bits per heavy atom. The molecule has 2 aromatic carbocycles. The van der Waals surface area contributed by atoms with Crippen LogP contribution in [0.3, 0.4) is 0 Å². The molecule has 158 valence electrons. The summed E-state index contributed by atoms with van der Waals surface area (Å²) in [5.74, 6) is 6.99. The Balaban J connectivity index is 1.60. The second kappa shape index (κ2) is 10.8. The van der Waals surface area contributed by atoms with Crippen molar-refractivity contribution >= 4 is 5.91 Å². The third kappa shape index (κ3) is 6.08. The quantitative estimate of drug-likeness (QED) is 0.361. The molecule has 0 unspecified atom stereocenters. The van der Waals surface area contributed by atoms with Crippen molar-refractivity contribution in [1.82, 2.24) is 10.5 Å². The van der Waals surface area contributed by atoms with Crippen molar-refractivity contribution in [1.29, 1.82) is 0 Å². The molecule has 0 bridgehead atoms. The highest BCUT2D eigenvalue weighted by Crippen LogP contribution is 2.32. The Morgan fingerprint density at radius 2 is 1.81 bits per heavy atom. The summed E-state index contributed by atoms with van der Waals surface area (Å²) < 4.78 is 10.7. The molecule has 1 N–H and O–H groups in total. The fourth-order valence-electron chi connectivity index (χ4n) is 2.93. The van der Waals surface area contributed by atoms with Crippen molar-refractivity contribution in [3.8, 4) is 34.6 Å². The molecule has 6 nitrogen and oxygen atoms in total. The number of aromatic nitrogens is 1. The molecule has 0 radical (unpaired) electrons. The van der Waals surface area contributed by atoms with Crippen LogP contribution in [0.25, 0.3) is 11.3 Å². The van der Waals surface area contributed by atoms with E-state index < -0.39 is 0 Å². The van der Waals surface area contributed by atoms with Gasteiger partial charge in [-0.3, -0.25) is 14.6 Å². The fourth-order valence-corrected chi connectivity index (χ4v) is 2.93. The summed E-state index contributed by atoms with van der Waals surface area (Å²) in [6, 6.07) is 17.1. The number of hydrogen-bond donors (Lipinski definition) is 1. The summed E-state index contributed by atoms with van der Waals surface area (Å²) in [6.07, 6.45) is 1.96. The van der Waals surface area contributed by atoms with Crippen molar-refractivity contribution in [3.63, 3.8) is 0 Å². The summed E-state index contributed by atoms with van der Waals surface area (Å²) in [7, 11) is 3.18. The lowest BCUT2D eigenvalue weighted by atomic mass is 10.1. The Morgan fingerprint density at radius 1 is 1.03 bits per heavy atom. The molecule has 0 aliphatic heterocycles. The maximum absolute atomic E-state index is 12.0. The predicted molar refractivity (Wildman–Crippen MR) is 119 cm³/mol. The topological polar surface area (TPSA) is 69.7 Å². The van der Waals surface area contributed by atoms with Crippen LogP contribution >= 0.6 is 0 Å². The highest BCUT2D eigenvalue weighted by Gasteiger charge is 2.09. The number of rotatable bonds is 7. The lowest BCUT2D eigenvalue weighted by Crippen LogP contribution is -2.25. The Hall–Kier alpha value is -3.82. The first-order valence-corrected chi connectivity index (χ1v) is 9.73. The van der Waals surface area contributed by atoms with Crippen LogP contribution in [0.4, 0.5) is 0 Å². The molecule has 0 saturated heterocycles. The van der Waals surface area contributed by atoms with Crippen molar-refractivity contribution in [2.24, 2.45) is 0 Å². The standard InChI is InChI=1S/C25H24N2O4/c1-18-8-10-19(11-9-18)16-24(28)27-31-15-5-7-20-6-4-14-26-25(20)21-12-13-22(29-2)23(17-21)30-3/h4,6,8-14,17H,15-16H2,1-3H3,(H,27,28). The van der Waals surface area contributed by atoms with E-state index in [0.717, 1.165) is 27.9 Å². The normalized spacial score (nSPS) is 10.0. The van der Waals surface area contributed by atoms with E-state index >= 15 is 0 Å². The van der Waals surface area contributed by atoms with E-state index in [9.17, 15) is 4.79 Å². The number of pyridine rings is 1. The van der Waals surface area contributed by atoms with E-state index in [1.54, 1.807) is 20.4 Å². The molecule has 0 atom stereocenters. The average Bonchev–Trinajstić information content (AvgIpc) is 2.80. The van der Waals surface area contributed by atoms with Gasteiger partial charge in [0, 0.05) is 11.8 Å². The lowest BCUT2D eigenvalue weighted by Gasteiger charge is -2.10. The number of nitrogens with one attached hydrogen (secondary N) is 1. The zero-order valence-electron chi connectivity index (χ0n) is 17.8. The Kier molecular flexibility index (Phi) is 7.63. The van der Waals surface area contributed by atoms with Gasteiger partial charge in [0.25, 0.3) is 0 Å². The molecule has 1 amide bonds. The van der Waals surface area contributed by atoms with Gasteiger partial charge < -0.3 is 9.47 Å². The molecule has 6 heteroatoms. The van der Waals surface area contributed by atoms with Gasteiger partial charge in [0.2, 0.25) is 5.91 Å². The smallest absolute Gasteiger partial charge is 0.247 e. The first kappa shape index (κ1) is 21.9. The highest BCUT2D eigenvalue weighted by atomic mass is 16.6. The van der Waals surface area contributed by atoms with Gasteiger partial charge in [-0.1, -0.05) is 41.7 Å². The summed E-state index contributed by atoms with van der Waals surface area (Å²) in [6.45, 7) is 2.06. The lowest BCUT2D eigenvalue weighted by molar-refractivity contribution is -0.131. The molecule has 0 spiro atoms. The van der Waals surface area contributed by atoms with Gasteiger partial charge in [-0.2, -0.15) is 0 Å². The van der Waals surface area contributed by atoms with E-state index in [4.69, 9.17) is 14.3 Å². The summed E-state index contributed by atoms with van der Waals surface area (Å²) in [5, 5.41) is 0. The summed E-state index contributed by atoms with van der Waals surface area (Å²) >= 11 is 0. The molecule has 31 heavy (non-hydrogen) atoms. The molecule has 0 saturated carbocycles. The number of methoxy groups -OCH3 is 2. The number of amides is 1. The minimum Gasteiger partial charge on any atom is -0.493 e. The van der Waals surface area contributed by atoms with Crippen LogP contribution in [-0.4, -0.2) is 31.7 Å². The number of benzene rings is 2. The minimum absolute atomic E-state index is 0.0555. The van der Waals surface area contributed by atoms with Gasteiger partial charge in [-0.25, -0.2) is 5.48 Å². The molecule has 1 heterocycles. The first-order valence-electron chi connectivity index (χ1n) is 9.73. The molecule has 1 aromatic heterocycles. The number of nitrogens with zero attached hydrogens (tertiary/aromatic N) is 1. The van der Waals surface area contributed by atoms with Crippen LogP contribution in [-0.2, 0) is 16.1 Å². The third-order valence-corrected chi connectivity index (χ3v) is 4.50. The van der Waals surface area contributed by atoms with Crippen LogP contribution in [0.15, 0.2) is 60.8 Å². The van der Waals surface area contributed by atoms with Gasteiger partial charge in [0.1, 0.15) is 6.61 Å². The molecule has 0 aliphatic carbocycles. The number of aryl methyl sites for hydroxylation is 1. The van der Waals surface area contributed by atoms with Crippen LogP contribution in [0, 0.1) is 18.8 Å². The van der Waals surface area contributed by atoms with Crippen LogP contribution in [0.2, 0.25) is 0 Å². The van der Waals surface area contributed by atoms with Gasteiger partial charge in [-0.15, -0.1) is 0 Å². The van der Waals surface area contributed by atoms with Crippen molar-refractivity contribution in [3.05, 3.63) is 77.5 Å². The molecule has 3 aromatic rings. The number of hydroxylamine groups is 1. The van der Waals surface area contributed by atoms with Crippen molar-refractivity contribution in [2.75, 3.05) is 20.8 Å². The molecular weight excluding hydrogens is 392 g/mol. The maximum Gasteiger partial charge on any atom is 0.247 e. The minimum atomic E-state index is -0.224.